The van der Waals surface area contributed by atoms with Crippen LogP contribution >= 0.6 is 11.8 Å². The van der Waals surface area contributed by atoms with Crippen LogP contribution in [0.15, 0.2) is 45.6 Å². The number of aryl methyl sites for hydroxylation is 2. The second-order valence-electron chi connectivity index (χ2n) is 8.88. The zero-order chi connectivity index (χ0) is 23.7. The molecule has 0 spiro atoms. The molecule has 8 heteroatoms. The summed E-state index contributed by atoms with van der Waals surface area (Å²) in [7, 11) is 0. The number of carbonyl (C=O) groups excluding carboxylic acids is 2. The molecule has 0 aromatic heterocycles. The van der Waals surface area contributed by atoms with Crippen molar-refractivity contribution < 1.29 is 19.1 Å². The number of carbonyl (C=O) groups is 2. The average molecular weight is 470 g/mol. The van der Waals surface area contributed by atoms with Crippen molar-refractivity contribution in [1.29, 1.82) is 0 Å². The van der Waals surface area contributed by atoms with Crippen LogP contribution in [-0.2, 0) is 19.1 Å². The number of thioether (sulfide) groups is 1. The van der Waals surface area contributed by atoms with Crippen LogP contribution < -0.4 is 0 Å². The Morgan fingerprint density at radius 1 is 1.21 bits per heavy atom. The fraction of sp³-hybridized carbons (Fsp3) is 0.480. The zero-order valence-electron chi connectivity index (χ0n) is 19.9. The van der Waals surface area contributed by atoms with Crippen molar-refractivity contribution in [3.05, 3.63) is 57.3 Å². The highest BCUT2D eigenvalue weighted by atomic mass is 32.2. The van der Waals surface area contributed by atoms with E-state index in [1.54, 1.807) is 0 Å². The van der Waals surface area contributed by atoms with Gasteiger partial charge >= 0.3 is 5.97 Å². The molecule has 3 aliphatic rings. The minimum atomic E-state index is -0.400. The van der Waals surface area contributed by atoms with Gasteiger partial charge in [0.15, 0.2) is 5.17 Å². The Morgan fingerprint density at radius 3 is 2.61 bits per heavy atom. The maximum atomic E-state index is 13.3. The standard InChI is InChI=1S/C25H31N3O4S/c1-15(2)32-24(30)22-18(5)26-25-28(23(22)20-7-6-16(3)12-17(20)4)19(14-33-25)13-21(29)27-8-10-31-11-9-27/h6-7,12,14-15,23H,8-11,13H2,1-5H3/t23-/m0/s1. The quantitative estimate of drug-likeness (QED) is 0.605. The first kappa shape index (κ1) is 23.6. The molecule has 176 valence electrons. The van der Waals surface area contributed by atoms with E-state index in [-0.39, 0.29) is 24.4 Å². The van der Waals surface area contributed by atoms with E-state index in [0.29, 0.717) is 37.6 Å². The molecular formula is C25H31N3O4S. The molecule has 0 aliphatic carbocycles. The molecule has 0 unspecified atom stereocenters. The Balaban J connectivity index is 1.73. The number of ether oxygens (including phenoxy) is 2. The van der Waals surface area contributed by atoms with Gasteiger partial charge in [-0.15, -0.1) is 0 Å². The predicted molar refractivity (Wildman–Crippen MR) is 130 cm³/mol. The van der Waals surface area contributed by atoms with Crippen LogP contribution in [0.25, 0.3) is 0 Å². The van der Waals surface area contributed by atoms with Crippen LogP contribution in [0.3, 0.4) is 0 Å². The van der Waals surface area contributed by atoms with Gasteiger partial charge in [0.2, 0.25) is 5.91 Å². The van der Waals surface area contributed by atoms with Gasteiger partial charge in [-0.25, -0.2) is 9.79 Å². The van der Waals surface area contributed by atoms with Crippen LogP contribution in [0.2, 0.25) is 0 Å². The van der Waals surface area contributed by atoms with Gasteiger partial charge in [0.1, 0.15) is 0 Å². The fourth-order valence-electron chi connectivity index (χ4n) is 4.41. The first-order valence-electron chi connectivity index (χ1n) is 11.3. The molecule has 0 radical (unpaired) electrons. The van der Waals surface area contributed by atoms with Gasteiger partial charge in [-0.1, -0.05) is 35.5 Å². The monoisotopic (exact) mass is 469 g/mol. The summed E-state index contributed by atoms with van der Waals surface area (Å²) < 4.78 is 11.0. The summed E-state index contributed by atoms with van der Waals surface area (Å²) in [6.07, 6.45) is 0.00715. The molecule has 1 amide bonds. The zero-order valence-corrected chi connectivity index (χ0v) is 20.7. The topological polar surface area (TPSA) is 71.4 Å². The van der Waals surface area contributed by atoms with Crippen molar-refractivity contribution >= 4 is 28.8 Å². The Hall–Kier alpha value is -2.58. The van der Waals surface area contributed by atoms with Crippen LogP contribution in [0.4, 0.5) is 0 Å². The number of amides is 1. The smallest absolute Gasteiger partial charge is 0.338 e. The van der Waals surface area contributed by atoms with E-state index in [1.165, 1.54) is 11.8 Å². The Bertz CT molecular complexity index is 1050. The first-order chi connectivity index (χ1) is 15.8. The summed E-state index contributed by atoms with van der Waals surface area (Å²) in [6, 6.07) is 5.84. The van der Waals surface area contributed by atoms with Crippen molar-refractivity contribution in [3.63, 3.8) is 0 Å². The van der Waals surface area contributed by atoms with Crippen LogP contribution in [0, 0.1) is 13.8 Å². The van der Waals surface area contributed by atoms with Crippen molar-refractivity contribution in [3.8, 4) is 0 Å². The molecule has 1 atom stereocenters. The molecular weight excluding hydrogens is 438 g/mol. The fourth-order valence-corrected chi connectivity index (χ4v) is 5.38. The van der Waals surface area contributed by atoms with Crippen LogP contribution in [-0.4, -0.2) is 59.3 Å². The minimum absolute atomic E-state index is 0.0587. The van der Waals surface area contributed by atoms with Crippen molar-refractivity contribution in [2.45, 2.75) is 53.2 Å². The van der Waals surface area contributed by atoms with Gasteiger partial charge in [0.05, 0.1) is 43.1 Å². The lowest BCUT2D eigenvalue weighted by Crippen LogP contribution is -2.42. The van der Waals surface area contributed by atoms with Crippen LogP contribution in [0.1, 0.15) is 49.9 Å². The number of hydrogen-bond acceptors (Lipinski definition) is 7. The lowest BCUT2D eigenvalue weighted by atomic mass is 9.90. The summed E-state index contributed by atoms with van der Waals surface area (Å²) >= 11 is 1.49. The molecule has 3 heterocycles. The van der Waals surface area contributed by atoms with Gasteiger partial charge in [0, 0.05) is 18.8 Å². The predicted octanol–water partition coefficient (Wildman–Crippen LogP) is 4.08. The second kappa shape index (κ2) is 9.73. The summed E-state index contributed by atoms with van der Waals surface area (Å²) in [5.41, 5.74) is 5.27. The largest absolute Gasteiger partial charge is 0.459 e. The highest BCUT2D eigenvalue weighted by molar-refractivity contribution is 8.16. The number of allylic oxidation sites excluding steroid dienone is 1. The maximum absolute atomic E-state index is 13.3. The van der Waals surface area contributed by atoms with Crippen molar-refractivity contribution in [2.75, 3.05) is 26.3 Å². The molecule has 1 aromatic rings. The van der Waals surface area contributed by atoms with E-state index in [4.69, 9.17) is 14.5 Å². The van der Waals surface area contributed by atoms with Crippen molar-refractivity contribution in [2.24, 2.45) is 4.99 Å². The van der Waals surface area contributed by atoms with E-state index in [0.717, 1.165) is 27.6 Å². The molecule has 1 saturated heterocycles. The third-order valence-corrected chi connectivity index (χ3v) is 6.87. The van der Waals surface area contributed by atoms with E-state index in [2.05, 4.69) is 32.0 Å². The van der Waals surface area contributed by atoms with E-state index in [9.17, 15) is 9.59 Å². The lowest BCUT2D eigenvalue weighted by Gasteiger charge is -2.37. The number of rotatable bonds is 5. The van der Waals surface area contributed by atoms with Crippen molar-refractivity contribution in [1.82, 2.24) is 9.80 Å². The molecule has 33 heavy (non-hydrogen) atoms. The number of hydrogen-bond donors (Lipinski definition) is 0. The molecule has 1 aromatic carbocycles. The Morgan fingerprint density at radius 2 is 1.94 bits per heavy atom. The minimum Gasteiger partial charge on any atom is -0.459 e. The van der Waals surface area contributed by atoms with Gasteiger partial charge in [0.25, 0.3) is 0 Å². The average Bonchev–Trinajstić information content (AvgIpc) is 3.15. The molecule has 3 aliphatic heterocycles. The van der Waals surface area contributed by atoms with Gasteiger partial charge in [-0.05, 0) is 51.2 Å². The number of morpholine rings is 1. The first-order valence-corrected chi connectivity index (χ1v) is 12.2. The maximum Gasteiger partial charge on any atom is 0.338 e. The molecule has 1 fully saturated rings. The Kier molecular flexibility index (Phi) is 6.95. The number of aliphatic imine (C=N–C) groups is 1. The second-order valence-corrected chi connectivity index (χ2v) is 9.71. The molecule has 4 rings (SSSR count). The van der Waals surface area contributed by atoms with E-state index < -0.39 is 6.04 Å². The number of fused-ring (bicyclic) bond motifs is 1. The third-order valence-electron chi connectivity index (χ3n) is 5.98. The lowest BCUT2D eigenvalue weighted by molar-refractivity contribution is -0.143. The summed E-state index contributed by atoms with van der Waals surface area (Å²) in [6.45, 7) is 12.0. The third kappa shape index (κ3) is 4.87. The highest BCUT2D eigenvalue weighted by Crippen LogP contribution is 2.45. The number of nitrogens with zero attached hydrogens (tertiary/aromatic N) is 3. The van der Waals surface area contributed by atoms with E-state index >= 15 is 0 Å². The van der Waals surface area contributed by atoms with Gasteiger partial charge in [-0.3, -0.25) is 4.79 Å². The van der Waals surface area contributed by atoms with Gasteiger partial charge in [-0.2, -0.15) is 0 Å². The van der Waals surface area contributed by atoms with Crippen LogP contribution in [0.5, 0.6) is 0 Å². The number of esters is 1. The molecule has 7 nitrogen and oxygen atoms in total. The molecule has 0 bridgehead atoms. The SMILES string of the molecule is CC1=C(C(=O)OC(C)C)[C@H](c2ccc(C)cc2C)N2C(CC(=O)N3CCOCC3)=CSC2=N1. The normalized spacial score (nSPS) is 20.6. The Labute approximate surface area is 199 Å². The van der Waals surface area contributed by atoms with Gasteiger partial charge < -0.3 is 19.3 Å². The molecule has 0 N–H and O–H groups in total. The number of benzene rings is 1. The van der Waals surface area contributed by atoms with E-state index in [1.807, 2.05) is 36.0 Å². The molecule has 0 saturated carbocycles. The highest BCUT2D eigenvalue weighted by Gasteiger charge is 2.42. The summed E-state index contributed by atoms with van der Waals surface area (Å²) in [5.74, 6) is -0.311. The summed E-state index contributed by atoms with van der Waals surface area (Å²) in [4.78, 5) is 34.9. The summed E-state index contributed by atoms with van der Waals surface area (Å²) in [5, 5.41) is 2.76. The number of amidine groups is 1.